The van der Waals surface area contributed by atoms with Crippen LogP contribution in [0, 0.1) is 6.92 Å². The largest absolute Gasteiger partial charge is 0.416 e. The van der Waals surface area contributed by atoms with E-state index in [4.69, 9.17) is 0 Å². The van der Waals surface area contributed by atoms with Gasteiger partial charge in [0, 0.05) is 31.0 Å². The van der Waals surface area contributed by atoms with E-state index >= 15 is 0 Å². The van der Waals surface area contributed by atoms with Crippen LogP contribution in [-0.4, -0.2) is 27.0 Å². The number of nitrogens with zero attached hydrogens (tertiary/aromatic N) is 3. The van der Waals surface area contributed by atoms with Crippen molar-refractivity contribution < 1.29 is 18.0 Å². The summed E-state index contributed by atoms with van der Waals surface area (Å²) in [6, 6.07) is 4.77. The van der Waals surface area contributed by atoms with Crippen molar-refractivity contribution in [1.29, 1.82) is 0 Å². The molecule has 0 fully saturated rings. The van der Waals surface area contributed by atoms with Crippen molar-refractivity contribution in [2.24, 2.45) is 0 Å². The van der Waals surface area contributed by atoms with E-state index in [2.05, 4.69) is 15.3 Å². The number of hydrogen-bond donors (Lipinski definition) is 1. The lowest BCUT2D eigenvalue weighted by atomic mass is 10.1. The second kappa shape index (κ2) is 7.91. The van der Waals surface area contributed by atoms with Crippen LogP contribution in [0.3, 0.4) is 0 Å². The number of alkyl halides is 3. The maximum atomic E-state index is 12.7. The number of carbonyl (C=O) groups excluding carboxylic acids is 1. The Balaban J connectivity index is 1.62. The lowest BCUT2D eigenvalue weighted by Gasteiger charge is -2.06. The fourth-order valence-electron chi connectivity index (χ4n) is 2.50. The Labute approximate surface area is 157 Å². The molecule has 0 aliphatic carbocycles. The van der Waals surface area contributed by atoms with Crippen molar-refractivity contribution in [3.63, 3.8) is 0 Å². The third kappa shape index (κ3) is 4.73. The van der Waals surface area contributed by atoms with Crippen LogP contribution in [0.2, 0.25) is 0 Å². The number of halogens is 3. The van der Waals surface area contributed by atoms with Gasteiger partial charge in [0.15, 0.2) is 0 Å². The van der Waals surface area contributed by atoms with Crippen molar-refractivity contribution in [2.45, 2.75) is 26.1 Å². The minimum Gasteiger partial charge on any atom is -0.351 e. The highest BCUT2D eigenvalue weighted by molar-refractivity contribution is 7.17. The second-order valence-corrected chi connectivity index (χ2v) is 6.92. The van der Waals surface area contributed by atoms with Gasteiger partial charge in [0.2, 0.25) is 0 Å². The number of aryl methyl sites for hydroxylation is 2. The number of rotatable bonds is 6. The number of thiazole rings is 1. The third-order valence-corrected chi connectivity index (χ3v) is 5.11. The van der Waals surface area contributed by atoms with E-state index < -0.39 is 11.7 Å². The highest BCUT2D eigenvalue weighted by atomic mass is 32.1. The SMILES string of the molecule is Cc1nc(-c2ccc(C(F)(F)F)cc2)sc1C(=O)NCCCn1ccnc1. The first-order valence-electron chi connectivity index (χ1n) is 8.23. The van der Waals surface area contributed by atoms with Crippen LogP contribution >= 0.6 is 11.3 Å². The molecule has 1 amide bonds. The lowest BCUT2D eigenvalue weighted by Crippen LogP contribution is -2.25. The minimum absolute atomic E-state index is 0.228. The monoisotopic (exact) mass is 394 g/mol. The Morgan fingerprint density at radius 1 is 1.26 bits per heavy atom. The molecule has 27 heavy (non-hydrogen) atoms. The number of aromatic nitrogens is 3. The number of nitrogens with one attached hydrogen (secondary N) is 1. The van der Waals surface area contributed by atoms with Crippen molar-refractivity contribution in [3.8, 4) is 10.6 Å². The molecule has 0 spiro atoms. The first-order valence-corrected chi connectivity index (χ1v) is 9.05. The zero-order valence-corrected chi connectivity index (χ0v) is 15.3. The molecular formula is C18H17F3N4OS. The molecule has 3 aromatic rings. The molecule has 0 radical (unpaired) electrons. The maximum absolute atomic E-state index is 12.7. The van der Waals surface area contributed by atoms with Gasteiger partial charge in [-0.05, 0) is 25.5 Å². The van der Waals surface area contributed by atoms with E-state index in [0.29, 0.717) is 27.7 Å². The Hall–Kier alpha value is -2.68. The van der Waals surface area contributed by atoms with Gasteiger partial charge in [-0.3, -0.25) is 4.79 Å². The highest BCUT2D eigenvalue weighted by Gasteiger charge is 2.30. The molecule has 0 saturated carbocycles. The molecule has 0 bridgehead atoms. The molecule has 142 valence electrons. The zero-order chi connectivity index (χ0) is 19.4. The lowest BCUT2D eigenvalue weighted by molar-refractivity contribution is -0.137. The zero-order valence-electron chi connectivity index (χ0n) is 14.5. The molecule has 2 heterocycles. The quantitative estimate of drug-likeness (QED) is 0.639. The Morgan fingerprint density at radius 2 is 2.00 bits per heavy atom. The van der Waals surface area contributed by atoms with Gasteiger partial charge < -0.3 is 9.88 Å². The summed E-state index contributed by atoms with van der Waals surface area (Å²) < 4.78 is 39.9. The van der Waals surface area contributed by atoms with E-state index in [-0.39, 0.29) is 5.91 Å². The highest BCUT2D eigenvalue weighted by Crippen LogP contribution is 2.32. The molecule has 0 unspecified atom stereocenters. The molecule has 0 atom stereocenters. The molecule has 0 aliphatic heterocycles. The normalized spacial score (nSPS) is 11.6. The van der Waals surface area contributed by atoms with Crippen LogP contribution in [0.25, 0.3) is 10.6 Å². The molecule has 2 aromatic heterocycles. The Kier molecular flexibility index (Phi) is 5.59. The molecule has 3 rings (SSSR count). The van der Waals surface area contributed by atoms with E-state index in [1.54, 1.807) is 19.4 Å². The van der Waals surface area contributed by atoms with E-state index in [1.165, 1.54) is 23.5 Å². The van der Waals surface area contributed by atoms with Gasteiger partial charge in [0.1, 0.15) is 9.88 Å². The summed E-state index contributed by atoms with van der Waals surface area (Å²) >= 11 is 1.17. The van der Waals surface area contributed by atoms with E-state index in [1.807, 2.05) is 10.8 Å². The number of carbonyl (C=O) groups is 1. The Morgan fingerprint density at radius 3 is 2.63 bits per heavy atom. The molecule has 9 heteroatoms. The standard InChI is InChI=1S/C18H17F3N4OS/c1-12-15(16(26)23-7-2-9-25-10-8-22-11-25)27-17(24-12)13-3-5-14(6-4-13)18(19,20)21/h3-6,8,10-11H,2,7,9H2,1H3,(H,23,26). The summed E-state index contributed by atoms with van der Waals surface area (Å²) in [5.41, 5.74) is 0.396. The number of amides is 1. The fraction of sp³-hybridized carbons (Fsp3) is 0.278. The molecule has 1 aromatic carbocycles. The summed E-state index contributed by atoms with van der Waals surface area (Å²) in [5, 5.41) is 3.36. The van der Waals surface area contributed by atoms with Crippen molar-refractivity contribution in [1.82, 2.24) is 19.9 Å². The summed E-state index contributed by atoms with van der Waals surface area (Å²) in [7, 11) is 0. The van der Waals surface area contributed by atoms with Crippen molar-refractivity contribution >= 4 is 17.2 Å². The number of hydrogen-bond acceptors (Lipinski definition) is 4. The van der Waals surface area contributed by atoms with Gasteiger partial charge in [-0.2, -0.15) is 13.2 Å². The van der Waals surface area contributed by atoms with Crippen LogP contribution in [0.4, 0.5) is 13.2 Å². The van der Waals surface area contributed by atoms with Gasteiger partial charge in [-0.25, -0.2) is 9.97 Å². The molecule has 0 saturated heterocycles. The van der Waals surface area contributed by atoms with Gasteiger partial charge in [0.05, 0.1) is 17.6 Å². The number of imidazole rings is 1. The van der Waals surface area contributed by atoms with E-state index in [0.717, 1.165) is 25.1 Å². The van der Waals surface area contributed by atoms with Gasteiger partial charge >= 0.3 is 6.18 Å². The van der Waals surface area contributed by atoms with Crippen molar-refractivity contribution in [2.75, 3.05) is 6.54 Å². The van der Waals surface area contributed by atoms with Crippen LogP contribution in [-0.2, 0) is 12.7 Å². The van der Waals surface area contributed by atoms with Crippen LogP contribution in [0.15, 0.2) is 43.0 Å². The fourth-order valence-corrected chi connectivity index (χ4v) is 3.48. The molecule has 5 nitrogen and oxygen atoms in total. The van der Waals surface area contributed by atoms with Crippen LogP contribution in [0.5, 0.6) is 0 Å². The predicted octanol–water partition coefficient (Wildman–Crippen LogP) is 4.15. The van der Waals surface area contributed by atoms with Crippen molar-refractivity contribution in [3.05, 3.63) is 59.1 Å². The van der Waals surface area contributed by atoms with E-state index in [9.17, 15) is 18.0 Å². The number of benzene rings is 1. The van der Waals surface area contributed by atoms with Gasteiger partial charge in [0.25, 0.3) is 5.91 Å². The van der Waals surface area contributed by atoms with Gasteiger partial charge in [-0.15, -0.1) is 11.3 Å². The first-order chi connectivity index (χ1) is 12.8. The minimum atomic E-state index is -4.38. The first kappa shape index (κ1) is 19.1. The second-order valence-electron chi connectivity index (χ2n) is 5.92. The summed E-state index contributed by atoms with van der Waals surface area (Å²) in [4.78, 5) is 21.1. The van der Waals surface area contributed by atoms with Gasteiger partial charge in [-0.1, -0.05) is 12.1 Å². The average molecular weight is 394 g/mol. The topological polar surface area (TPSA) is 59.8 Å². The maximum Gasteiger partial charge on any atom is 0.416 e. The molecule has 1 N–H and O–H groups in total. The summed E-state index contributed by atoms with van der Waals surface area (Å²) in [6.07, 6.45) is 1.64. The predicted molar refractivity (Wildman–Crippen MR) is 96.5 cm³/mol. The summed E-state index contributed by atoms with van der Waals surface area (Å²) in [5.74, 6) is -0.228. The molecular weight excluding hydrogens is 377 g/mol. The molecule has 0 aliphatic rings. The van der Waals surface area contributed by atoms with Crippen LogP contribution < -0.4 is 5.32 Å². The third-order valence-electron chi connectivity index (χ3n) is 3.90. The average Bonchev–Trinajstić information content (AvgIpc) is 3.27. The summed E-state index contributed by atoms with van der Waals surface area (Å²) in [6.45, 7) is 2.97. The Bertz CT molecular complexity index is 902. The smallest absolute Gasteiger partial charge is 0.351 e. The van der Waals surface area contributed by atoms with Crippen LogP contribution in [0.1, 0.15) is 27.3 Å².